The summed E-state index contributed by atoms with van der Waals surface area (Å²) in [4.78, 5) is 36.0. The van der Waals surface area contributed by atoms with E-state index in [0.717, 1.165) is 4.90 Å². The van der Waals surface area contributed by atoms with Crippen LogP contribution in [0.3, 0.4) is 0 Å². The number of amides is 4. The molecule has 2 unspecified atom stereocenters. The Balaban J connectivity index is 1.92. The van der Waals surface area contributed by atoms with E-state index < -0.39 is 36.1 Å². The molecule has 1 aromatic rings. The van der Waals surface area contributed by atoms with Crippen LogP contribution in [0.5, 0.6) is 0 Å². The highest BCUT2D eigenvalue weighted by molar-refractivity contribution is 6.21. The third-order valence-corrected chi connectivity index (χ3v) is 3.56. The number of rotatable bonds is 5. The Labute approximate surface area is 136 Å². The lowest BCUT2D eigenvalue weighted by atomic mass is 10.1. The van der Waals surface area contributed by atoms with Gasteiger partial charge in [-0.25, -0.2) is 9.69 Å². The van der Waals surface area contributed by atoms with Crippen molar-refractivity contribution in [2.75, 3.05) is 4.90 Å². The Kier molecular flexibility index (Phi) is 5.10. The number of hydrogen-bond acceptors (Lipinski definition) is 3. The van der Waals surface area contributed by atoms with Gasteiger partial charge in [-0.2, -0.15) is 13.2 Å². The molecule has 2 atom stereocenters. The van der Waals surface area contributed by atoms with Gasteiger partial charge in [-0.1, -0.05) is 18.2 Å². The predicted molar refractivity (Wildman–Crippen MR) is 79.1 cm³/mol. The zero-order valence-corrected chi connectivity index (χ0v) is 12.8. The van der Waals surface area contributed by atoms with Crippen LogP contribution < -0.4 is 15.5 Å². The van der Waals surface area contributed by atoms with Gasteiger partial charge in [0.15, 0.2) is 0 Å². The van der Waals surface area contributed by atoms with Gasteiger partial charge in [0.1, 0.15) is 6.04 Å². The third-order valence-electron chi connectivity index (χ3n) is 3.56. The van der Waals surface area contributed by atoms with Crippen LogP contribution in [-0.4, -0.2) is 36.1 Å². The van der Waals surface area contributed by atoms with Crippen molar-refractivity contribution in [2.45, 2.75) is 38.0 Å². The van der Waals surface area contributed by atoms with E-state index in [1.165, 1.54) is 6.92 Å². The lowest BCUT2D eigenvalue weighted by Crippen LogP contribution is -2.42. The smallest absolute Gasteiger partial charge is 0.346 e. The summed E-state index contributed by atoms with van der Waals surface area (Å²) in [5.41, 5.74) is 0.418. The second-order valence-electron chi connectivity index (χ2n) is 5.46. The van der Waals surface area contributed by atoms with E-state index in [0.29, 0.717) is 5.69 Å². The lowest BCUT2D eigenvalue weighted by molar-refractivity contribution is -0.174. The number of urea groups is 1. The quantitative estimate of drug-likeness (QED) is 0.802. The normalized spacial score (nSPS) is 19.2. The summed E-state index contributed by atoms with van der Waals surface area (Å²) in [6.45, 7) is 1.40. The number of alkyl halides is 3. The fourth-order valence-electron chi connectivity index (χ4n) is 2.34. The van der Waals surface area contributed by atoms with Crippen LogP contribution in [0.2, 0.25) is 0 Å². The number of hydrogen-bond donors (Lipinski definition) is 2. The topological polar surface area (TPSA) is 78.5 Å². The summed E-state index contributed by atoms with van der Waals surface area (Å²) in [6, 6.07) is 6.11. The van der Waals surface area contributed by atoms with Gasteiger partial charge in [0.05, 0.1) is 5.69 Å². The van der Waals surface area contributed by atoms with E-state index in [-0.39, 0.29) is 12.8 Å². The van der Waals surface area contributed by atoms with E-state index in [2.05, 4.69) is 5.32 Å². The molecule has 9 heteroatoms. The highest BCUT2D eigenvalue weighted by Crippen LogP contribution is 2.21. The highest BCUT2D eigenvalue weighted by Gasteiger charge is 2.40. The maximum Gasteiger partial charge on any atom is 0.471 e. The second-order valence-corrected chi connectivity index (χ2v) is 5.46. The summed E-state index contributed by atoms with van der Waals surface area (Å²) in [5.74, 6) is -2.50. The third kappa shape index (κ3) is 4.03. The summed E-state index contributed by atoms with van der Waals surface area (Å²) in [6.07, 6.45) is -4.72. The molecule has 1 aromatic carbocycles. The van der Waals surface area contributed by atoms with Crippen LogP contribution in [-0.2, 0) is 9.59 Å². The molecule has 0 aromatic heterocycles. The average Bonchev–Trinajstić information content (AvgIpc) is 2.79. The van der Waals surface area contributed by atoms with Crippen molar-refractivity contribution in [1.82, 2.24) is 10.6 Å². The van der Waals surface area contributed by atoms with E-state index >= 15 is 0 Å². The SMILES string of the molecule is CC(CCC1NC(=O)N(c2ccccc2)C1=O)NC(=O)C(F)(F)F. The maximum atomic E-state index is 12.3. The van der Waals surface area contributed by atoms with Gasteiger partial charge < -0.3 is 10.6 Å². The molecule has 1 heterocycles. The Morgan fingerprint density at radius 1 is 1.29 bits per heavy atom. The maximum absolute atomic E-state index is 12.3. The van der Waals surface area contributed by atoms with Crippen molar-refractivity contribution in [2.24, 2.45) is 0 Å². The largest absolute Gasteiger partial charge is 0.471 e. The predicted octanol–water partition coefficient (Wildman–Crippen LogP) is 1.96. The Morgan fingerprint density at radius 3 is 2.50 bits per heavy atom. The van der Waals surface area contributed by atoms with Crippen molar-refractivity contribution < 1.29 is 27.6 Å². The molecule has 0 bridgehead atoms. The second kappa shape index (κ2) is 6.90. The number of halogens is 3. The molecule has 1 fully saturated rings. The van der Waals surface area contributed by atoms with Crippen LogP contribution in [0, 0.1) is 0 Å². The van der Waals surface area contributed by atoms with Crippen molar-refractivity contribution in [1.29, 1.82) is 0 Å². The first kappa shape index (κ1) is 17.8. The number of nitrogens with one attached hydrogen (secondary N) is 2. The fourth-order valence-corrected chi connectivity index (χ4v) is 2.34. The Hall–Kier alpha value is -2.58. The molecule has 1 aliphatic heterocycles. The summed E-state index contributed by atoms with van der Waals surface area (Å²) < 4.78 is 36.5. The van der Waals surface area contributed by atoms with Crippen LogP contribution in [0.1, 0.15) is 19.8 Å². The molecule has 0 aliphatic carbocycles. The molecule has 0 radical (unpaired) electrons. The van der Waals surface area contributed by atoms with E-state index in [9.17, 15) is 27.6 Å². The zero-order valence-electron chi connectivity index (χ0n) is 12.8. The monoisotopic (exact) mass is 343 g/mol. The van der Waals surface area contributed by atoms with Gasteiger partial charge in [0, 0.05) is 6.04 Å². The van der Waals surface area contributed by atoms with Gasteiger partial charge in [-0.05, 0) is 31.9 Å². The highest BCUT2D eigenvalue weighted by atomic mass is 19.4. The first-order chi connectivity index (χ1) is 11.2. The minimum Gasteiger partial charge on any atom is -0.346 e. The zero-order chi connectivity index (χ0) is 17.9. The fraction of sp³-hybridized carbons (Fsp3) is 0.400. The molecule has 24 heavy (non-hydrogen) atoms. The molecule has 2 N–H and O–H groups in total. The molecule has 6 nitrogen and oxygen atoms in total. The number of nitrogens with zero attached hydrogens (tertiary/aromatic N) is 1. The van der Waals surface area contributed by atoms with Crippen molar-refractivity contribution in [3.63, 3.8) is 0 Å². The molecule has 0 saturated carbocycles. The summed E-state index contributed by atoms with van der Waals surface area (Å²) in [5, 5.41) is 4.30. The van der Waals surface area contributed by atoms with Gasteiger partial charge in [0.2, 0.25) is 0 Å². The van der Waals surface area contributed by atoms with Crippen LogP contribution >= 0.6 is 0 Å². The van der Waals surface area contributed by atoms with Crippen LogP contribution in [0.25, 0.3) is 0 Å². The molecule has 1 aliphatic rings. The van der Waals surface area contributed by atoms with Gasteiger partial charge in [-0.15, -0.1) is 0 Å². The first-order valence-corrected chi connectivity index (χ1v) is 7.27. The number of para-hydroxylation sites is 1. The van der Waals surface area contributed by atoms with Crippen LogP contribution in [0.4, 0.5) is 23.7 Å². The Morgan fingerprint density at radius 2 is 1.92 bits per heavy atom. The van der Waals surface area contributed by atoms with E-state index in [4.69, 9.17) is 0 Å². The number of imide groups is 1. The minimum atomic E-state index is -4.95. The summed E-state index contributed by atoms with van der Waals surface area (Å²) in [7, 11) is 0. The number of carbonyl (C=O) groups is 3. The molecule has 4 amide bonds. The van der Waals surface area contributed by atoms with E-state index in [1.54, 1.807) is 30.3 Å². The molecule has 0 spiro atoms. The standard InChI is InChI=1S/C15H16F3N3O3/c1-9(19-13(23)15(16,17)18)7-8-11-12(22)21(14(24)20-11)10-5-3-2-4-6-10/h2-6,9,11H,7-8H2,1H3,(H,19,23)(H,20,24). The molecule has 2 rings (SSSR count). The van der Waals surface area contributed by atoms with Crippen molar-refractivity contribution in [3.05, 3.63) is 30.3 Å². The molecular formula is C15H16F3N3O3. The van der Waals surface area contributed by atoms with Crippen molar-refractivity contribution in [3.8, 4) is 0 Å². The van der Waals surface area contributed by atoms with Crippen LogP contribution in [0.15, 0.2) is 30.3 Å². The summed E-state index contributed by atoms with van der Waals surface area (Å²) >= 11 is 0. The molecule has 130 valence electrons. The van der Waals surface area contributed by atoms with Gasteiger partial charge in [0.25, 0.3) is 5.91 Å². The number of carbonyl (C=O) groups excluding carboxylic acids is 3. The minimum absolute atomic E-state index is 0.112. The lowest BCUT2D eigenvalue weighted by Gasteiger charge is -2.17. The first-order valence-electron chi connectivity index (χ1n) is 7.27. The Bertz CT molecular complexity index is 634. The number of anilines is 1. The van der Waals surface area contributed by atoms with Gasteiger partial charge >= 0.3 is 18.1 Å². The van der Waals surface area contributed by atoms with Gasteiger partial charge in [-0.3, -0.25) is 9.59 Å². The average molecular weight is 343 g/mol. The van der Waals surface area contributed by atoms with Crippen molar-refractivity contribution >= 4 is 23.5 Å². The number of benzene rings is 1. The molecular weight excluding hydrogens is 327 g/mol. The van der Waals surface area contributed by atoms with E-state index in [1.807, 2.05) is 5.32 Å². The molecule has 1 saturated heterocycles.